The number of carbonyl (C=O) groups excluding carboxylic acids is 1. The molecule has 0 aromatic heterocycles. The fourth-order valence-electron chi connectivity index (χ4n) is 1.59. The quantitative estimate of drug-likeness (QED) is 0.640. The highest BCUT2D eigenvalue weighted by Gasteiger charge is 2.31. The largest absolute Gasteiger partial charge is 0.294 e. The summed E-state index contributed by atoms with van der Waals surface area (Å²) in [5.41, 5.74) is -0.779. The second-order valence-corrected chi connectivity index (χ2v) is 7.14. The van der Waals surface area contributed by atoms with Gasteiger partial charge in [0.15, 0.2) is 5.78 Å². The van der Waals surface area contributed by atoms with E-state index in [2.05, 4.69) is 4.84 Å². The summed E-state index contributed by atoms with van der Waals surface area (Å²) in [5.74, 6) is -1.42. The molecule has 0 aliphatic heterocycles. The van der Waals surface area contributed by atoms with Gasteiger partial charge in [0, 0.05) is 11.0 Å². The number of ketones is 1. The average molecular weight is 338 g/mol. The molecule has 1 N–H and O–H groups in total. The van der Waals surface area contributed by atoms with Crippen molar-refractivity contribution in [2.24, 2.45) is 5.41 Å². The van der Waals surface area contributed by atoms with Gasteiger partial charge in [-0.05, 0) is 18.6 Å². The predicted molar refractivity (Wildman–Crippen MR) is 77.1 cm³/mol. The van der Waals surface area contributed by atoms with Gasteiger partial charge < -0.3 is 0 Å². The molecule has 1 aromatic rings. The number of halogens is 2. The third-order valence-electron chi connectivity index (χ3n) is 3.25. The van der Waals surface area contributed by atoms with E-state index < -0.39 is 26.2 Å². The molecular weight excluding hydrogens is 321 g/mol. The van der Waals surface area contributed by atoms with Crippen LogP contribution in [-0.2, 0) is 14.9 Å². The molecule has 0 spiro atoms. The van der Waals surface area contributed by atoms with E-state index in [9.17, 15) is 17.6 Å². The Labute approximate surface area is 128 Å². The van der Waals surface area contributed by atoms with E-state index in [1.807, 2.05) is 6.92 Å². The van der Waals surface area contributed by atoms with Gasteiger partial charge in [-0.1, -0.05) is 37.3 Å². The zero-order valence-corrected chi connectivity index (χ0v) is 13.7. The van der Waals surface area contributed by atoms with Gasteiger partial charge in [-0.25, -0.2) is 12.8 Å². The number of hydrogen-bond acceptors (Lipinski definition) is 4. The van der Waals surface area contributed by atoms with Gasteiger partial charge >= 0.3 is 0 Å². The Morgan fingerprint density at radius 2 is 2.00 bits per heavy atom. The molecule has 1 aromatic carbocycles. The lowest BCUT2D eigenvalue weighted by Gasteiger charge is -2.22. The summed E-state index contributed by atoms with van der Waals surface area (Å²) in [6.07, 6.45) is 0.526. The summed E-state index contributed by atoms with van der Waals surface area (Å²) >= 11 is 5.88. The second-order valence-electron chi connectivity index (χ2n) is 5.12. The molecule has 0 saturated carbocycles. The first-order valence-corrected chi connectivity index (χ1v) is 8.01. The normalized spacial score (nSPS) is 12.5. The van der Waals surface area contributed by atoms with Gasteiger partial charge in [-0.2, -0.15) is 0 Å². The number of Topliss-reactive ketones (excluding diaryl/α,β-unsaturated/α-hetero) is 1. The maximum atomic E-state index is 13.8. The van der Waals surface area contributed by atoms with Gasteiger partial charge in [0.25, 0.3) is 10.0 Å². The van der Waals surface area contributed by atoms with Crippen molar-refractivity contribution in [1.82, 2.24) is 4.89 Å². The highest BCUT2D eigenvalue weighted by molar-refractivity contribution is 7.89. The van der Waals surface area contributed by atoms with Crippen LogP contribution >= 0.6 is 11.6 Å². The number of carbonyl (C=O) groups is 1. The molecule has 21 heavy (non-hydrogen) atoms. The third-order valence-corrected chi connectivity index (χ3v) is 4.84. The predicted octanol–water partition coefficient (Wildman–Crippen LogP) is 2.94. The van der Waals surface area contributed by atoms with E-state index in [4.69, 9.17) is 11.6 Å². The van der Waals surface area contributed by atoms with Crippen LogP contribution in [0.4, 0.5) is 4.39 Å². The van der Waals surface area contributed by atoms with Crippen LogP contribution in [0.15, 0.2) is 17.0 Å². The molecule has 0 unspecified atom stereocenters. The van der Waals surface area contributed by atoms with E-state index in [-0.39, 0.29) is 16.4 Å². The minimum absolute atomic E-state index is 0.0404. The molecular formula is C13H17ClFNO4S. The SMILES string of the molecule is CCC(C)(C)C(=O)c1cc(S(=O)(=O)NOC)c(F)cc1Cl. The standard InChI is InChI=1S/C13H17ClFNO4S/c1-5-13(2,3)12(17)8-6-11(10(15)7-9(8)14)21(18,19)16-20-4/h6-7,16H,5H2,1-4H3. The Morgan fingerprint density at radius 3 is 2.48 bits per heavy atom. The first-order chi connectivity index (χ1) is 9.56. The van der Waals surface area contributed by atoms with Crippen LogP contribution in [0, 0.1) is 11.2 Å². The molecule has 0 aliphatic rings. The fourth-order valence-corrected chi connectivity index (χ4v) is 2.72. The zero-order valence-electron chi connectivity index (χ0n) is 12.2. The van der Waals surface area contributed by atoms with Gasteiger partial charge in [-0.15, -0.1) is 0 Å². The Balaban J connectivity index is 3.48. The van der Waals surface area contributed by atoms with E-state index in [0.29, 0.717) is 6.42 Å². The number of nitrogens with one attached hydrogen (secondary N) is 1. The van der Waals surface area contributed by atoms with E-state index in [0.717, 1.165) is 19.2 Å². The first kappa shape index (κ1) is 18.0. The van der Waals surface area contributed by atoms with Crippen LogP contribution in [-0.4, -0.2) is 21.3 Å². The van der Waals surface area contributed by atoms with Crippen molar-refractivity contribution >= 4 is 27.4 Å². The Bertz CT molecular complexity index is 658. The van der Waals surface area contributed by atoms with Gasteiger partial charge in [0.2, 0.25) is 0 Å². The van der Waals surface area contributed by atoms with Crippen LogP contribution in [0.1, 0.15) is 37.6 Å². The number of rotatable bonds is 6. The Hall–Kier alpha value is -1.02. The lowest BCUT2D eigenvalue weighted by Crippen LogP contribution is -2.26. The Kier molecular flexibility index (Phi) is 5.49. The minimum atomic E-state index is -4.22. The van der Waals surface area contributed by atoms with Crippen molar-refractivity contribution in [3.63, 3.8) is 0 Å². The lowest BCUT2D eigenvalue weighted by molar-refractivity contribution is 0.0833. The summed E-state index contributed by atoms with van der Waals surface area (Å²) in [4.78, 5) is 17.7. The monoisotopic (exact) mass is 337 g/mol. The van der Waals surface area contributed by atoms with Crippen molar-refractivity contribution in [3.8, 4) is 0 Å². The summed E-state index contributed by atoms with van der Waals surface area (Å²) in [6.45, 7) is 5.23. The Morgan fingerprint density at radius 1 is 1.43 bits per heavy atom. The molecule has 1 rings (SSSR count). The molecule has 0 fully saturated rings. The topological polar surface area (TPSA) is 72.5 Å². The second kappa shape index (κ2) is 6.39. The molecule has 0 atom stereocenters. The third kappa shape index (κ3) is 3.79. The van der Waals surface area contributed by atoms with Crippen LogP contribution in [0.25, 0.3) is 0 Å². The van der Waals surface area contributed by atoms with E-state index in [1.165, 1.54) is 0 Å². The molecule has 8 heteroatoms. The number of hydrogen-bond donors (Lipinski definition) is 1. The maximum Gasteiger partial charge on any atom is 0.265 e. The lowest BCUT2D eigenvalue weighted by atomic mass is 9.82. The summed E-state index contributed by atoms with van der Waals surface area (Å²) in [6, 6.07) is 1.74. The summed E-state index contributed by atoms with van der Waals surface area (Å²) < 4.78 is 37.5. The molecule has 0 aliphatic carbocycles. The van der Waals surface area contributed by atoms with Crippen LogP contribution < -0.4 is 4.89 Å². The minimum Gasteiger partial charge on any atom is -0.294 e. The molecule has 0 saturated heterocycles. The van der Waals surface area contributed by atoms with Crippen molar-refractivity contribution in [2.45, 2.75) is 32.1 Å². The fraction of sp³-hybridized carbons (Fsp3) is 0.462. The van der Waals surface area contributed by atoms with Gasteiger partial charge in [0.05, 0.1) is 12.1 Å². The van der Waals surface area contributed by atoms with E-state index >= 15 is 0 Å². The molecule has 0 amide bonds. The van der Waals surface area contributed by atoms with Gasteiger partial charge in [-0.3, -0.25) is 9.63 Å². The van der Waals surface area contributed by atoms with Crippen molar-refractivity contribution in [1.29, 1.82) is 0 Å². The molecule has 0 radical (unpaired) electrons. The molecule has 0 heterocycles. The summed E-state index contributed by atoms with van der Waals surface area (Å²) in [7, 11) is -3.14. The van der Waals surface area contributed by atoms with Crippen molar-refractivity contribution < 1.29 is 22.4 Å². The smallest absolute Gasteiger partial charge is 0.265 e. The maximum absolute atomic E-state index is 13.8. The van der Waals surface area contributed by atoms with Crippen molar-refractivity contribution in [2.75, 3.05) is 7.11 Å². The van der Waals surface area contributed by atoms with Crippen LogP contribution in [0.2, 0.25) is 5.02 Å². The van der Waals surface area contributed by atoms with Crippen LogP contribution in [0.5, 0.6) is 0 Å². The highest BCUT2D eigenvalue weighted by atomic mass is 35.5. The van der Waals surface area contributed by atoms with Crippen LogP contribution in [0.3, 0.4) is 0 Å². The number of sulfonamides is 1. The summed E-state index contributed by atoms with van der Waals surface area (Å²) in [5, 5.41) is -0.129. The van der Waals surface area contributed by atoms with Gasteiger partial charge in [0.1, 0.15) is 10.7 Å². The molecule has 0 bridgehead atoms. The number of benzene rings is 1. The average Bonchev–Trinajstić information content (AvgIpc) is 2.37. The zero-order chi connectivity index (χ0) is 16.4. The highest BCUT2D eigenvalue weighted by Crippen LogP contribution is 2.31. The molecule has 118 valence electrons. The van der Waals surface area contributed by atoms with Crippen molar-refractivity contribution in [3.05, 3.63) is 28.5 Å². The van der Waals surface area contributed by atoms with E-state index in [1.54, 1.807) is 18.7 Å². The molecule has 5 nitrogen and oxygen atoms in total. The first-order valence-electron chi connectivity index (χ1n) is 6.15.